The second-order valence-corrected chi connectivity index (χ2v) is 5.16. The lowest BCUT2D eigenvalue weighted by molar-refractivity contribution is 0.103. The lowest BCUT2D eigenvalue weighted by Crippen LogP contribution is -2.07. The van der Waals surface area contributed by atoms with Gasteiger partial charge in [-0.3, -0.25) is 4.79 Å². The molecular formula is C16H14BrFO2. The lowest BCUT2D eigenvalue weighted by atomic mass is 10.0. The van der Waals surface area contributed by atoms with Gasteiger partial charge in [0, 0.05) is 5.56 Å². The number of hydrogen-bond donors (Lipinski definition) is 0. The molecule has 0 radical (unpaired) electrons. The molecule has 0 unspecified atom stereocenters. The van der Waals surface area contributed by atoms with E-state index in [4.69, 9.17) is 4.74 Å². The van der Waals surface area contributed by atoms with Crippen molar-refractivity contribution in [1.82, 2.24) is 0 Å². The Labute approximate surface area is 125 Å². The van der Waals surface area contributed by atoms with Gasteiger partial charge in [-0.25, -0.2) is 4.39 Å². The van der Waals surface area contributed by atoms with Crippen LogP contribution in [-0.4, -0.2) is 12.4 Å². The Bertz CT molecular complexity index is 653. The maximum atomic E-state index is 13.6. The fraction of sp³-hybridized carbons (Fsp3) is 0.188. The van der Waals surface area contributed by atoms with E-state index in [1.807, 2.05) is 19.9 Å². The molecule has 0 N–H and O–H groups in total. The van der Waals surface area contributed by atoms with Crippen LogP contribution in [0, 0.1) is 12.7 Å². The van der Waals surface area contributed by atoms with E-state index in [1.54, 1.807) is 18.2 Å². The molecule has 2 rings (SSSR count). The number of carbonyl (C=O) groups is 1. The molecule has 0 saturated heterocycles. The second kappa shape index (κ2) is 6.18. The fourth-order valence-corrected chi connectivity index (χ4v) is 2.37. The van der Waals surface area contributed by atoms with Gasteiger partial charge in [0.2, 0.25) is 0 Å². The number of aryl methyl sites for hydroxylation is 1. The molecule has 0 spiro atoms. The molecule has 0 amide bonds. The first-order valence-electron chi connectivity index (χ1n) is 6.26. The smallest absolute Gasteiger partial charge is 0.198 e. The molecule has 0 fully saturated rings. The quantitative estimate of drug-likeness (QED) is 0.767. The Morgan fingerprint density at radius 3 is 2.70 bits per heavy atom. The van der Waals surface area contributed by atoms with E-state index in [1.165, 1.54) is 12.1 Å². The molecule has 0 aliphatic rings. The summed E-state index contributed by atoms with van der Waals surface area (Å²) in [7, 11) is 0. The number of rotatable bonds is 4. The van der Waals surface area contributed by atoms with Crippen LogP contribution in [0.5, 0.6) is 5.75 Å². The van der Waals surface area contributed by atoms with Crippen molar-refractivity contribution >= 4 is 21.7 Å². The highest BCUT2D eigenvalue weighted by atomic mass is 79.9. The van der Waals surface area contributed by atoms with Gasteiger partial charge in [0.1, 0.15) is 11.6 Å². The van der Waals surface area contributed by atoms with Crippen LogP contribution in [0.1, 0.15) is 28.4 Å². The minimum atomic E-state index is -0.457. The van der Waals surface area contributed by atoms with Gasteiger partial charge < -0.3 is 4.74 Å². The van der Waals surface area contributed by atoms with Crippen molar-refractivity contribution in [3.8, 4) is 5.75 Å². The van der Waals surface area contributed by atoms with Crippen molar-refractivity contribution in [2.45, 2.75) is 13.8 Å². The minimum absolute atomic E-state index is 0.175. The Kier molecular flexibility index (Phi) is 4.55. The highest BCUT2D eigenvalue weighted by molar-refractivity contribution is 9.10. The molecule has 4 heteroatoms. The highest BCUT2D eigenvalue weighted by Gasteiger charge is 2.19. The summed E-state index contributed by atoms with van der Waals surface area (Å²) in [6.45, 7) is 4.22. The minimum Gasteiger partial charge on any atom is -0.493 e. The summed E-state index contributed by atoms with van der Waals surface area (Å²) in [5, 5.41) is 0. The summed E-state index contributed by atoms with van der Waals surface area (Å²) in [6, 6.07) is 9.81. The second-order valence-electron chi connectivity index (χ2n) is 4.36. The van der Waals surface area contributed by atoms with Crippen LogP contribution in [0.25, 0.3) is 0 Å². The maximum Gasteiger partial charge on any atom is 0.198 e. The van der Waals surface area contributed by atoms with Crippen molar-refractivity contribution in [1.29, 1.82) is 0 Å². The van der Waals surface area contributed by atoms with Crippen molar-refractivity contribution in [3.05, 3.63) is 63.4 Å². The summed E-state index contributed by atoms with van der Waals surface area (Å²) in [5.41, 5.74) is 1.68. The Hall–Kier alpha value is -1.68. The number of carbonyl (C=O) groups excluding carboxylic acids is 1. The van der Waals surface area contributed by atoms with Crippen molar-refractivity contribution < 1.29 is 13.9 Å². The summed E-state index contributed by atoms with van der Waals surface area (Å²) in [6.07, 6.45) is 0. The van der Waals surface area contributed by atoms with Crippen molar-refractivity contribution in [2.75, 3.05) is 6.61 Å². The van der Waals surface area contributed by atoms with E-state index in [-0.39, 0.29) is 15.8 Å². The summed E-state index contributed by atoms with van der Waals surface area (Å²) < 4.78 is 19.2. The first kappa shape index (κ1) is 14.7. The topological polar surface area (TPSA) is 26.3 Å². The fourth-order valence-electron chi connectivity index (χ4n) is 1.93. The van der Waals surface area contributed by atoms with Crippen LogP contribution < -0.4 is 4.74 Å². The number of ketones is 1. The van der Waals surface area contributed by atoms with Crippen molar-refractivity contribution in [3.63, 3.8) is 0 Å². The van der Waals surface area contributed by atoms with Gasteiger partial charge in [0.05, 0.1) is 16.6 Å². The molecular weight excluding hydrogens is 323 g/mol. The monoisotopic (exact) mass is 336 g/mol. The van der Waals surface area contributed by atoms with Gasteiger partial charge in [-0.15, -0.1) is 0 Å². The van der Waals surface area contributed by atoms with Crippen LogP contribution >= 0.6 is 15.9 Å². The number of hydrogen-bond acceptors (Lipinski definition) is 2. The lowest BCUT2D eigenvalue weighted by Gasteiger charge is -2.11. The largest absolute Gasteiger partial charge is 0.493 e. The predicted octanol–water partition coefficient (Wildman–Crippen LogP) is 4.53. The van der Waals surface area contributed by atoms with Gasteiger partial charge in [-0.1, -0.05) is 17.7 Å². The van der Waals surface area contributed by atoms with Crippen LogP contribution in [0.4, 0.5) is 4.39 Å². The molecule has 0 aromatic heterocycles. The van der Waals surface area contributed by atoms with Gasteiger partial charge in [-0.2, -0.15) is 0 Å². The van der Waals surface area contributed by atoms with E-state index < -0.39 is 5.82 Å². The Morgan fingerprint density at radius 1 is 1.25 bits per heavy atom. The Balaban J connectivity index is 2.52. The van der Waals surface area contributed by atoms with Gasteiger partial charge in [-0.05, 0) is 54.0 Å². The van der Waals surface area contributed by atoms with Gasteiger partial charge in [0.25, 0.3) is 0 Å². The molecule has 0 aliphatic heterocycles. The van der Waals surface area contributed by atoms with E-state index >= 15 is 0 Å². The maximum absolute atomic E-state index is 13.6. The molecule has 0 bridgehead atoms. The molecule has 0 atom stereocenters. The SMILES string of the molecule is CCOc1ccc(C)cc1C(=O)c1cccc(F)c1Br. The Morgan fingerprint density at radius 2 is 2.00 bits per heavy atom. The van der Waals surface area contributed by atoms with E-state index in [0.29, 0.717) is 17.9 Å². The third-order valence-corrected chi connectivity index (χ3v) is 3.68. The van der Waals surface area contributed by atoms with E-state index in [0.717, 1.165) is 5.56 Å². The standard InChI is InChI=1S/C16H14BrFO2/c1-3-20-14-8-7-10(2)9-12(14)16(19)11-5-4-6-13(18)15(11)17/h4-9H,3H2,1-2H3. The molecule has 0 heterocycles. The number of halogens is 2. The van der Waals surface area contributed by atoms with Crippen molar-refractivity contribution in [2.24, 2.45) is 0 Å². The summed E-state index contributed by atoms with van der Waals surface area (Å²) in [4.78, 5) is 12.6. The average molecular weight is 337 g/mol. The molecule has 20 heavy (non-hydrogen) atoms. The zero-order valence-corrected chi connectivity index (χ0v) is 12.8. The normalized spacial score (nSPS) is 10.4. The van der Waals surface area contributed by atoms with Crippen LogP contribution in [0.3, 0.4) is 0 Å². The molecule has 104 valence electrons. The van der Waals surface area contributed by atoms with Gasteiger partial charge in [0.15, 0.2) is 5.78 Å². The molecule has 2 aromatic rings. The first-order chi connectivity index (χ1) is 9.54. The van der Waals surface area contributed by atoms with E-state index in [9.17, 15) is 9.18 Å². The summed E-state index contributed by atoms with van der Waals surface area (Å²) in [5.74, 6) is -0.204. The van der Waals surface area contributed by atoms with E-state index in [2.05, 4.69) is 15.9 Å². The molecule has 2 nitrogen and oxygen atoms in total. The highest BCUT2D eigenvalue weighted by Crippen LogP contribution is 2.28. The number of benzene rings is 2. The zero-order chi connectivity index (χ0) is 14.7. The van der Waals surface area contributed by atoms with Crippen LogP contribution in [-0.2, 0) is 0 Å². The predicted molar refractivity (Wildman–Crippen MR) is 79.9 cm³/mol. The molecule has 0 aliphatic carbocycles. The van der Waals surface area contributed by atoms with Crippen LogP contribution in [0.2, 0.25) is 0 Å². The third-order valence-electron chi connectivity index (χ3n) is 2.88. The van der Waals surface area contributed by atoms with Crippen LogP contribution in [0.15, 0.2) is 40.9 Å². The summed E-state index contributed by atoms with van der Waals surface area (Å²) >= 11 is 3.12. The zero-order valence-electron chi connectivity index (χ0n) is 11.2. The first-order valence-corrected chi connectivity index (χ1v) is 7.06. The molecule has 2 aromatic carbocycles. The third kappa shape index (κ3) is 2.90. The van der Waals surface area contributed by atoms with Gasteiger partial charge >= 0.3 is 0 Å². The average Bonchev–Trinajstić information content (AvgIpc) is 2.43. The molecule has 0 saturated carbocycles. The number of ether oxygens (including phenoxy) is 1.